The minimum Gasteiger partial charge on any atom is -0.464 e. The molecule has 3 nitrogen and oxygen atoms in total. The summed E-state index contributed by atoms with van der Waals surface area (Å²) in [4.78, 5) is 15.6. The second kappa shape index (κ2) is 5.78. The van der Waals surface area contributed by atoms with Gasteiger partial charge in [0.25, 0.3) is 0 Å². The molecule has 0 unspecified atom stereocenters. The lowest BCUT2D eigenvalue weighted by Gasteiger charge is -2.08. The van der Waals surface area contributed by atoms with Crippen LogP contribution in [0, 0.1) is 0 Å². The van der Waals surface area contributed by atoms with Crippen LogP contribution in [0.15, 0.2) is 30.3 Å². The predicted octanol–water partition coefficient (Wildman–Crippen LogP) is 4.50. The molecule has 0 saturated carbocycles. The van der Waals surface area contributed by atoms with Crippen LogP contribution in [0.1, 0.15) is 10.5 Å². The first-order valence-electron chi connectivity index (χ1n) is 5.23. The molecule has 0 aliphatic carbocycles. The summed E-state index contributed by atoms with van der Waals surface area (Å²) in [5.74, 6) is -0.545. The zero-order valence-electron chi connectivity index (χ0n) is 9.78. The van der Waals surface area contributed by atoms with Crippen molar-refractivity contribution in [2.75, 3.05) is 7.11 Å². The maximum absolute atomic E-state index is 11.5. The van der Waals surface area contributed by atoms with Crippen molar-refractivity contribution < 1.29 is 9.53 Å². The third kappa shape index (κ3) is 3.00. The number of methoxy groups -OCH3 is 1. The minimum atomic E-state index is -0.545. The molecule has 1 aromatic heterocycles. The number of aromatic nitrogens is 1. The highest BCUT2D eigenvalue weighted by Crippen LogP contribution is 2.33. The number of hydrogen-bond acceptors (Lipinski definition) is 3. The first kappa shape index (κ1) is 14.1. The van der Waals surface area contributed by atoms with Gasteiger partial charge < -0.3 is 4.74 Å². The SMILES string of the molecule is COC(=O)c1ccc(Cl)c(-c2cc(Cl)ccc2Cl)n1. The predicted molar refractivity (Wildman–Crippen MR) is 76.0 cm³/mol. The number of carbonyl (C=O) groups excluding carboxylic acids is 1. The molecule has 19 heavy (non-hydrogen) atoms. The summed E-state index contributed by atoms with van der Waals surface area (Å²) in [7, 11) is 1.28. The van der Waals surface area contributed by atoms with Crippen molar-refractivity contribution >= 4 is 40.8 Å². The van der Waals surface area contributed by atoms with Crippen molar-refractivity contribution in [1.29, 1.82) is 0 Å². The summed E-state index contributed by atoms with van der Waals surface area (Å²) >= 11 is 18.1. The van der Waals surface area contributed by atoms with Gasteiger partial charge in [0.15, 0.2) is 0 Å². The number of carbonyl (C=O) groups is 1. The zero-order valence-corrected chi connectivity index (χ0v) is 12.1. The van der Waals surface area contributed by atoms with Crippen molar-refractivity contribution in [3.05, 3.63) is 51.1 Å². The summed E-state index contributed by atoms with van der Waals surface area (Å²) < 4.78 is 4.62. The van der Waals surface area contributed by atoms with E-state index in [0.29, 0.717) is 26.3 Å². The molecule has 0 radical (unpaired) electrons. The van der Waals surface area contributed by atoms with Gasteiger partial charge in [-0.3, -0.25) is 0 Å². The smallest absolute Gasteiger partial charge is 0.356 e. The molecule has 0 amide bonds. The molecular formula is C13H8Cl3NO2. The van der Waals surface area contributed by atoms with Crippen LogP contribution in [0.2, 0.25) is 15.1 Å². The molecule has 2 rings (SSSR count). The van der Waals surface area contributed by atoms with E-state index in [1.54, 1.807) is 24.3 Å². The Balaban J connectivity index is 2.61. The molecular weight excluding hydrogens is 309 g/mol. The second-order valence-corrected chi connectivity index (χ2v) is 4.89. The number of pyridine rings is 1. The highest BCUT2D eigenvalue weighted by Gasteiger charge is 2.14. The standard InChI is InChI=1S/C13H8Cl3NO2/c1-19-13(18)11-5-4-10(16)12(17-11)8-6-7(14)2-3-9(8)15/h2-6H,1H3. The Labute approximate surface area is 125 Å². The van der Waals surface area contributed by atoms with Crippen LogP contribution in [0.25, 0.3) is 11.3 Å². The van der Waals surface area contributed by atoms with Gasteiger partial charge in [-0.25, -0.2) is 9.78 Å². The van der Waals surface area contributed by atoms with Crippen LogP contribution in [-0.2, 0) is 4.74 Å². The molecule has 2 aromatic rings. The van der Waals surface area contributed by atoms with Gasteiger partial charge in [-0.1, -0.05) is 34.8 Å². The normalized spacial score (nSPS) is 10.3. The van der Waals surface area contributed by atoms with Crippen LogP contribution in [0.4, 0.5) is 0 Å². The van der Waals surface area contributed by atoms with Crippen molar-refractivity contribution in [3.63, 3.8) is 0 Å². The fourth-order valence-electron chi connectivity index (χ4n) is 1.53. The van der Waals surface area contributed by atoms with Gasteiger partial charge in [-0.15, -0.1) is 0 Å². The molecule has 0 bridgehead atoms. The maximum Gasteiger partial charge on any atom is 0.356 e. The van der Waals surface area contributed by atoms with Crippen LogP contribution < -0.4 is 0 Å². The van der Waals surface area contributed by atoms with E-state index < -0.39 is 5.97 Å². The van der Waals surface area contributed by atoms with E-state index in [-0.39, 0.29) is 5.69 Å². The lowest BCUT2D eigenvalue weighted by molar-refractivity contribution is 0.0594. The number of halogens is 3. The first-order chi connectivity index (χ1) is 9.02. The molecule has 0 N–H and O–H groups in total. The summed E-state index contributed by atoms with van der Waals surface area (Å²) in [6, 6.07) is 7.98. The zero-order chi connectivity index (χ0) is 14.0. The molecule has 0 aliphatic heterocycles. The molecule has 1 heterocycles. The van der Waals surface area contributed by atoms with Gasteiger partial charge in [-0.05, 0) is 30.3 Å². The quantitative estimate of drug-likeness (QED) is 0.766. The maximum atomic E-state index is 11.5. The van der Waals surface area contributed by atoms with Crippen LogP contribution in [-0.4, -0.2) is 18.1 Å². The highest BCUT2D eigenvalue weighted by molar-refractivity contribution is 6.37. The largest absolute Gasteiger partial charge is 0.464 e. The molecule has 0 fully saturated rings. The third-order valence-corrected chi connectivity index (χ3v) is 3.29. The van der Waals surface area contributed by atoms with E-state index >= 15 is 0 Å². The molecule has 0 atom stereocenters. The van der Waals surface area contributed by atoms with Crippen molar-refractivity contribution in [1.82, 2.24) is 4.98 Å². The van der Waals surface area contributed by atoms with Gasteiger partial charge in [0.1, 0.15) is 5.69 Å². The van der Waals surface area contributed by atoms with E-state index in [9.17, 15) is 4.79 Å². The van der Waals surface area contributed by atoms with Crippen LogP contribution >= 0.6 is 34.8 Å². The fraction of sp³-hybridized carbons (Fsp3) is 0.0769. The van der Waals surface area contributed by atoms with Gasteiger partial charge in [0.05, 0.1) is 22.8 Å². The Morgan fingerprint density at radius 1 is 1.11 bits per heavy atom. The van der Waals surface area contributed by atoms with E-state index in [4.69, 9.17) is 34.8 Å². The number of benzene rings is 1. The summed E-state index contributed by atoms with van der Waals surface area (Å²) in [5, 5.41) is 1.32. The Kier molecular flexibility index (Phi) is 4.30. The Hall–Kier alpha value is -1.29. The first-order valence-corrected chi connectivity index (χ1v) is 6.36. The van der Waals surface area contributed by atoms with Crippen molar-refractivity contribution in [2.45, 2.75) is 0 Å². The van der Waals surface area contributed by atoms with E-state index in [0.717, 1.165) is 0 Å². The van der Waals surface area contributed by atoms with Crippen molar-refractivity contribution in [3.8, 4) is 11.3 Å². The molecule has 6 heteroatoms. The van der Waals surface area contributed by atoms with E-state index in [1.165, 1.54) is 13.2 Å². The molecule has 0 saturated heterocycles. The van der Waals surface area contributed by atoms with E-state index in [2.05, 4.69) is 9.72 Å². The third-order valence-electron chi connectivity index (χ3n) is 2.42. The van der Waals surface area contributed by atoms with Gasteiger partial charge in [0.2, 0.25) is 0 Å². The monoisotopic (exact) mass is 315 g/mol. The molecule has 1 aromatic carbocycles. The van der Waals surface area contributed by atoms with Crippen LogP contribution in [0.3, 0.4) is 0 Å². The fourth-order valence-corrected chi connectivity index (χ4v) is 2.11. The topological polar surface area (TPSA) is 39.2 Å². The summed E-state index contributed by atoms with van der Waals surface area (Å²) in [5.41, 5.74) is 1.10. The summed E-state index contributed by atoms with van der Waals surface area (Å²) in [6.45, 7) is 0. The lowest BCUT2D eigenvalue weighted by Crippen LogP contribution is -2.05. The Morgan fingerprint density at radius 2 is 1.79 bits per heavy atom. The molecule has 0 spiro atoms. The number of rotatable bonds is 2. The van der Waals surface area contributed by atoms with E-state index in [1.807, 2.05) is 0 Å². The number of hydrogen-bond donors (Lipinski definition) is 0. The number of nitrogens with zero attached hydrogens (tertiary/aromatic N) is 1. The Bertz CT molecular complexity index is 644. The van der Waals surface area contributed by atoms with Gasteiger partial charge in [0, 0.05) is 10.6 Å². The summed E-state index contributed by atoms with van der Waals surface area (Å²) in [6.07, 6.45) is 0. The highest BCUT2D eigenvalue weighted by atomic mass is 35.5. The number of esters is 1. The Morgan fingerprint density at radius 3 is 2.47 bits per heavy atom. The average molecular weight is 317 g/mol. The van der Waals surface area contributed by atoms with Crippen LogP contribution in [0.5, 0.6) is 0 Å². The average Bonchev–Trinajstić information content (AvgIpc) is 2.41. The lowest BCUT2D eigenvalue weighted by atomic mass is 10.1. The van der Waals surface area contributed by atoms with Gasteiger partial charge >= 0.3 is 5.97 Å². The second-order valence-electron chi connectivity index (χ2n) is 3.64. The molecule has 98 valence electrons. The molecule has 0 aliphatic rings. The minimum absolute atomic E-state index is 0.151. The van der Waals surface area contributed by atoms with Gasteiger partial charge in [-0.2, -0.15) is 0 Å². The van der Waals surface area contributed by atoms with Crippen molar-refractivity contribution in [2.24, 2.45) is 0 Å². The number of ether oxygens (including phenoxy) is 1.